The average Bonchev–Trinajstić information content (AvgIpc) is 2.39. The first kappa shape index (κ1) is 14.3. The van der Waals surface area contributed by atoms with E-state index in [9.17, 15) is 5.11 Å². The first-order valence-electron chi connectivity index (χ1n) is 6.69. The van der Waals surface area contributed by atoms with Gasteiger partial charge in [-0.15, -0.1) is 0 Å². The van der Waals surface area contributed by atoms with Crippen LogP contribution in [0.15, 0.2) is 30.3 Å². The number of benzene rings is 2. The fourth-order valence-corrected chi connectivity index (χ4v) is 2.46. The highest BCUT2D eigenvalue weighted by Crippen LogP contribution is 2.26. The highest BCUT2D eigenvalue weighted by molar-refractivity contribution is 5.58. The molecule has 0 amide bonds. The summed E-state index contributed by atoms with van der Waals surface area (Å²) in [5, 5.41) is 13.4. The molecule has 0 heterocycles. The van der Waals surface area contributed by atoms with Crippen LogP contribution in [0.4, 0.5) is 5.69 Å². The van der Waals surface area contributed by atoms with Crippen molar-refractivity contribution in [2.75, 3.05) is 12.4 Å². The smallest absolute Gasteiger partial charge is 0.124 e. The van der Waals surface area contributed by atoms with Gasteiger partial charge >= 0.3 is 0 Å². The lowest BCUT2D eigenvalue weighted by Crippen LogP contribution is -2.03. The molecule has 20 heavy (non-hydrogen) atoms. The SMILES string of the molecule is COc1ccc(CNc2c(C)cc(C)cc2C)c(O)c1. The molecule has 2 aromatic rings. The van der Waals surface area contributed by atoms with Crippen molar-refractivity contribution in [1.82, 2.24) is 0 Å². The average molecular weight is 271 g/mol. The third-order valence-electron chi connectivity index (χ3n) is 3.43. The number of aryl methyl sites for hydroxylation is 3. The Morgan fingerprint density at radius 1 is 1.05 bits per heavy atom. The van der Waals surface area contributed by atoms with E-state index in [-0.39, 0.29) is 5.75 Å². The number of anilines is 1. The molecule has 0 aliphatic heterocycles. The monoisotopic (exact) mass is 271 g/mol. The van der Waals surface area contributed by atoms with Crippen molar-refractivity contribution in [3.05, 3.63) is 52.6 Å². The Balaban J connectivity index is 2.17. The van der Waals surface area contributed by atoms with Gasteiger partial charge in [-0.3, -0.25) is 0 Å². The van der Waals surface area contributed by atoms with Gasteiger partial charge in [-0.05, 0) is 44.0 Å². The van der Waals surface area contributed by atoms with Gasteiger partial charge in [0.15, 0.2) is 0 Å². The maximum absolute atomic E-state index is 9.96. The van der Waals surface area contributed by atoms with Gasteiger partial charge in [0.25, 0.3) is 0 Å². The highest BCUT2D eigenvalue weighted by atomic mass is 16.5. The Kier molecular flexibility index (Phi) is 4.18. The number of phenols is 1. The van der Waals surface area contributed by atoms with Crippen LogP contribution in [0, 0.1) is 20.8 Å². The Morgan fingerprint density at radius 2 is 1.70 bits per heavy atom. The first-order chi connectivity index (χ1) is 9.51. The molecule has 0 aliphatic carbocycles. The van der Waals surface area contributed by atoms with Crippen LogP contribution in [0.3, 0.4) is 0 Å². The van der Waals surface area contributed by atoms with Crippen LogP contribution in [-0.2, 0) is 6.54 Å². The third kappa shape index (κ3) is 3.05. The number of hydrogen-bond donors (Lipinski definition) is 2. The Hall–Kier alpha value is -2.16. The van der Waals surface area contributed by atoms with Crippen LogP contribution in [0.1, 0.15) is 22.3 Å². The molecular weight excluding hydrogens is 250 g/mol. The molecule has 0 aromatic heterocycles. The van der Waals surface area contributed by atoms with Gasteiger partial charge in [0.05, 0.1) is 7.11 Å². The van der Waals surface area contributed by atoms with E-state index in [0.717, 1.165) is 11.3 Å². The summed E-state index contributed by atoms with van der Waals surface area (Å²) in [5.74, 6) is 0.910. The maximum atomic E-state index is 9.96. The van der Waals surface area contributed by atoms with Gasteiger partial charge in [-0.1, -0.05) is 17.7 Å². The number of nitrogens with one attached hydrogen (secondary N) is 1. The summed E-state index contributed by atoms with van der Waals surface area (Å²) in [7, 11) is 1.59. The van der Waals surface area contributed by atoms with Gasteiger partial charge in [-0.25, -0.2) is 0 Å². The Morgan fingerprint density at radius 3 is 2.25 bits per heavy atom. The molecule has 0 saturated carbocycles. The van der Waals surface area contributed by atoms with E-state index < -0.39 is 0 Å². The third-order valence-corrected chi connectivity index (χ3v) is 3.43. The van der Waals surface area contributed by atoms with Gasteiger partial charge in [0.1, 0.15) is 11.5 Å². The molecule has 0 atom stereocenters. The van der Waals surface area contributed by atoms with Crippen LogP contribution in [0.25, 0.3) is 0 Å². The molecule has 0 aliphatic rings. The van der Waals surface area contributed by atoms with E-state index >= 15 is 0 Å². The second-order valence-electron chi connectivity index (χ2n) is 5.12. The van der Waals surface area contributed by atoms with Crippen molar-refractivity contribution in [1.29, 1.82) is 0 Å². The minimum Gasteiger partial charge on any atom is -0.507 e. The molecular formula is C17H21NO2. The molecule has 0 bridgehead atoms. The predicted octanol–water partition coefficient (Wildman–Crippen LogP) is 3.94. The zero-order chi connectivity index (χ0) is 14.7. The normalized spacial score (nSPS) is 10.4. The Bertz CT molecular complexity index is 597. The minimum absolute atomic E-state index is 0.249. The molecule has 0 unspecified atom stereocenters. The summed E-state index contributed by atoms with van der Waals surface area (Å²) in [4.78, 5) is 0. The summed E-state index contributed by atoms with van der Waals surface area (Å²) >= 11 is 0. The molecule has 0 radical (unpaired) electrons. The number of methoxy groups -OCH3 is 1. The largest absolute Gasteiger partial charge is 0.507 e. The quantitative estimate of drug-likeness (QED) is 0.885. The number of hydrogen-bond acceptors (Lipinski definition) is 3. The molecule has 0 saturated heterocycles. The summed E-state index contributed by atoms with van der Waals surface area (Å²) in [6.07, 6.45) is 0. The number of phenolic OH excluding ortho intramolecular Hbond substituents is 1. The van der Waals surface area contributed by atoms with Crippen LogP contribution in [0.5, 0.6) is 11.5 Å². The van der Waals surface area contributed by atoms with E-state index in [4.69, 9.17) is 4.74 Å². The van der Waals surface area contributed by atoms with E-state index in [1.165, 1.54) is 16.7 Å². The van der Waals surface area contributed by atoms with Crippen molar-refractivity contribution in [3.8, 4) is 11.5 Å². The molecule has 106 valence electrons. The summed E-state index contributed by atoms with van der Waals surface area (Å²) in [5.41, 5.74) is 5.68. The molecule has 2 N–H and O–H groups in total. The fourth-order valence-electron chi connectivity index (χ4n) is 2.46. The van der Waals surface area contributed by atoms with E-state index in [1.807, 2.05) is 12.1 Å². The highest BCUT2D eigenvalue weighted by Gasteiger charge is 2.06. The zero-order valence-corrected chi connectivity index (χ0v) is 12.4. The lowest BCUT2D eigenvalue weighted by molar-refractivity contribution is 0.406. The standard InChI is InChI=1S/C17H21NO2/c1-11-7-12(2)17(13(3)8-11)18-10-14-5-6-15(20-4)9-16(14)19/h5-9,18-19H,10H2,1-4H3. The topological polar surface area (TPSA) is 41.5 Å². The second kappa shape index (κ2) is 5.87. The predicted molar refractivity (Wildman–Crippen MR) is 82.6 cm³/mol. The summed E-state index contributed by atoms with van der Waals surface area (Å²) in [6.45, 7) is 6.87. The van der Waals surface area contributed by atoms with Crippen LogP contribution in [0.2, 0.25) is 0 Å². The van der Waals surface area contributed by atoms with Crippen molar-refractivity contribution in [2.24, 2.45) is 0 Å². The van der Waals surface area contributed by atoms with Crippen LogP contribution < -0.4 is 10.1 Å². The molecule has 2 aromatic carbocycles. The lowest BCUT2D eigenvalue weighted by atomic mass is 10.0. The van der Waals surface area contributed by atoms with Crippen LogP contribution >= 0.6 is 0 Å². The number of aromatic hydroxyl groups is 1. The maximum Gasteiger partial charge on any atom is 0.124 e. The van der Waals surface area contributed by atoms with E-state index in [1.54, 1.807) is 13.2 Å². The fraction of sp³-hybridized carbons (Fsp3) is 0.294. The first-order valence-corrected chi connectivity index (χ1v) is 6.69. The summed E-state index contributed by atoms with van der Waals surface area (Å²) < 4.78 is 5.08. The minimum atomic E-state index is 0.249. The van der Waals surface area contributed by atoms with Crippen LogP contribution in [-0.4, -0.2) is 12.2 Å². The van der Waals surface area contributed by atoms with Gasteiger partial charge in [0, 0.05) is 23.9 Å². The van der Waals surface area contributed by atoms with Crippen molar-refractivity contribution >= 4 is 5.69 Å². The number of ether oxygens (including phenoxy) is 1. The van der Waals surface area contributed by atoms with Gasteiger partial charge in [0.2, 0.25) is 0 Å². The molecule has 2 rings (SSSR count). The number of rotatable bonds is 4. The summed E-state index contributed by atoms with van der Waals surface area (Å²) in [6, 6.07) is 9.67. The molecule has 0 fully saturated rings. The van der Waals surface area contributed by atoms with Crippen molar-refractivity contribution < 1.29 is 9.84 Å². The van der Waals surface area contributed by atoms with Gasteiger partial charge in [-0.2, -0.15) is 0 Å². The molecule has 0 spiro atoms. The van der Waals surface area contributed by atoms with Crippen molar-refractivity contribution in [3.63, 3.8) is 0 Å². The second-order valence-corrected chi connectivity index (χ2v) is 5.12. The Labute approximate surface area is 120 Å². The molecule has 3 nitrogen and oxygen atoms in total. The zero-order valence-electron chi connectivity index (χ0n) is 12.4. The van der Waals surface area contributed by atoms with Gasteiger partial charge < -0.3 is 15.2 Å². The molecule has 3 heteroatoms. The van der Waals surface area contributed by atoms with E-state index in [0.29, 0.717) is 12.3 Å². The van der Waals surface area contributed by atoms with Crippen molar-refractivity contribution in [2.45, 2.75) is 27.3 Å². The lowest BCUT2D eigenvalue weighted by Gasteiger charge is -2.15. The van der Waals surface area contributed by atoms with E-state index in [2.05, 4.69) is 38.2 Å².